The van der Waals surface area contributed by atoms with Gasteiger partial charge in [0.25, 0.3) is 5.91 Å². The van der Waals surface area contributed by atoms with Crippen LogP contribution in [-0.4, -0.2) is 20.9 Å². The molecule has 0 saturated carbocycles. The van der Waals surface area contributed by atoms with Crippen molar-refractivity contribution >= 4 is 45.6 Å². The number of aromatic nitrogens is 3. The van der Waals surface area contributed by atoms with Gasteiger partial charge in [0.15, 0.2) is 0 Å². The summed E-state index contributed by atoms with van der Waals surface area (Å²) in [6.45, 7) is 3.84. The summed E-state index contributed by atoms with van der Waals surface area (Å²) in [5.74, 6) is -0.191. The molecule has 5 nitrogen and oxygen atoms in total. The first kappa shape index (κ1) is 21.2. The number of hydrogen-bond donors (Lipinski definition) is 1. The Hall–Kier alpha value is -3.61. The number of amides is 1. The molecule has 0 atom stereocenters. The molecule has 0 aliphatic heterocycles. The summed E-state index contributed by atoms with van der Waals surface area (Å²) in [7, 11) is 0. The van der Waals surface area contributed by atoms with Gasteiger partial charge in [0.1, 0.15) is 5.01 Å². The predicted octanol–water partition coefficient (Wildman–Crippen LogP) is 6.94. The van der Waals surface area contributed by atoms with E-state index in [-0.39, 0.29) is 5.91 Å². The minimum absolute atomic E-state index is 0.191. The largest absolute Gasteiger partial charge is 0.322 e. The zero-order valence-electron chi connectivity index (χ0n) is 18.0. The van der Waals surface area contributed by atoms with E-state index in [1.165, 1.54) is 0 Å². The molecule has 0 aliphatic rings. The van der Waals surface area contributed by atoms with E-state index >= 15 is 0 Å². The Morgan fingerprint density at radius 3 is 2.21 bits per heavy atom. The smallest absolute Gasteiger partial charge is 0.255 e. The molecule has 0 radical (unpaired) electrons. The molecule has 33 heavy (non-hydrogen) atoms. The van der Waals surface area contributed by atoms with E-state index < -0.39 is 0 Å². The average Bonchev–Trinajstić information content (AvgIpc) is 3.31. The second-order valence-corrected chi connectivity index (χ2v) is 8.97. The highest BCUT2D eigenvalue weighted by atomic mass is 35.5. The zero-order chi connectivity index (χ0) is 22.9. The van der Waals surface area contributed by atoms with Crippen molar-refractivity contribution in [1.29, 1.82) is 0 Å². The summed E-state index contributed by atoms with van der Waals surface area (Å²) in [5, 5.41) is 6.61. The normalized spacial score (nSPS) is 11.0. The Morgan fingerprint density at radius 1 is 0.818 bits per heavy atom. The molecule has 0 unspecified atom stereocenters. The van der Waals surface area contributed by atoms with E-state index in [1.807, 2.05) is 73.8 Å². The number of aryl methyl sites for hydroxylation is 2. The van der Waals surface area contributed by atoms with Crippen LogP contribution in [0.15, 0.2) is 72.1 Å². The van der Waals surface area contributed by atoms with Crippen molar-refractivity contribution in [2.75, 3.05) is 5.32 Å². The third kappa shape index (κ3) is 4.49. The van der Waals surface area contributed by atoms with Crippen molar-refractivity contribution in [2.24, 2.45) is 0 Å². The van der Waals surface area contributed by atoms with Gasteiger partial charge in [0, 0.05) is 32.8 Å². The number of carbonyl (C=O) groups is 1. The Morgan fingerprint density at radius 2 is 1.48 bits per heavy atom. The molecule has 0 fully saturated rings. The number of anilines is 1. The maximum atomic E-state index is 12.8. The molecule has 0 spiro atoms. The molecule has 5 rings (SSSR count). The van der Waals surface area contributed by atoms with Crippen molar-refractivity contribution in [1.82, 2.24) is 15.0 Å². The summed E-state index contributed by atoms with van der Waals surface area (Å²) >= 11 is 7.56. The van der Waals surface area contributed by atoms with Crippen LogP contribution in [0.4, 0.5) is 5.69 Å². The molecule has 1 N–H and O–H groups in total. The van der Waals surface area contributed by atoms with Gasteiger partial charge in [0.05, 0.1) is 28.1 Å². The number of halogens is 1. The van der Waals surface area contributed by atoms with Crippen LogP contribution in [0.25, 0.3) is 32.9 Å². The number of nitrogens with one attached hydrogen (secondary N) is 1. The second-order valence-electron chi connectivity index (χ2n) is 7.67. The summed E-state index contributed by atoms with van der Waals surface area (Å²) in [6.07, 6.45) is 0. The molecule has 1 amide bonds. The van der Waals surface area contributed by atoms with Crippen molar-refractivity contribution in [3.05, 3.63) is 94.1 Å². The highest BCUT2D eigenvalue weighted by Gasteiger charge is 2.11. The number of fused-ring (bicyclic) bond motifs is 1. The molecule has 2 aromatic heterocycles. The van der Waals surface area contributed by atoms with Gasteiger partial charge in [-0.2, -0.15) is 0 Å². The Balaban J connectivity index is 1.32. The highest BCUT2D eigenvalue weighted by Crippen LogP contribution is 2.30. The maximum Gasteiger partial charge on any atom is 0.255 e. The van der Waals surface area contributed by atoms with Crippen LogP contribution in [0.1, 0.15) is 21.7 Å². The van der Waals surface area contributed by atoms with E-state index in [0.29, 0.717) is 21.8 Å². The van der Waals surface area contributed by atoms with Gasteiger partial charge in [-0.1, -0.05) is 35.9 Å². The van der Waals surface area contributed by atoms with Gasteiger partial charge in [-0.15, -0.1) is 11.3 Å². The van der Waals surface area contributed by atoms with Crippen molar-refractivity contribution in [3.8, 4) is 21.8 Å². The molecule has 0 saturated heterocycles. The van der Waals surface area contributed by atoms with Crippen molar-refractivity contribution in [2.45, 2.75) is 13.8 Å². The minimum atomic E-state index is -0.191. The monoisotopic (exact) mass is 470 g/mol. The predicted molar refractivity (Wildman–Crippen MR) is 135 cm³/mol. The Kier molecular flexibility index (Phi) is 5.62. The fourth-order valence-corrected chi connectivity index (χ4v) is 4.39. The molecule has 3 aromatic carbocycles. The van der Waals surface area contributed by atoms with Crippen molar-refractivity contribution < 1.29 is 4.79 Å². The topological polar surface area (TPSA) is 67.8 Å². The number of carbonyl (C=O) groups excluding carboxylic acids is 1. The third-order valence-electron chi connectivity index (χ3n) is 5.37. The SMILES string of the molecule is Cc1nc2ccc(C(=O)Nc3ccc(-c4csc(-c5ccc(Cl)cc5)n4)cc3)cc2nc1C. The van der Waals surface area contributed by atoms with Crippen LogP contribution in [0.2, 0.25) is 5.02 Å². The molecule has 0 bridgehead atoms. The van der Waals surface area contributed by atoms with E-state index in [2.05, 4.69) is 15.3 Å². The fraction of sp³-hybridized carbons (Fsp3) is 0.0769. The van der Waals surface area contributed by atoms with Gasteiger partial charge in [-0.3, -0.25) is 4.79 Å². The summed E-state index contributed by atoms with van der Waals surface area (Å²) in [5.41, 5.74) is 7.39. The number of hydrogen-bond acceptors (Lipinski definition) is 5. The van der Waals surface area contributed by atoms with Crippen LogP contribution in [0, 0.1) is 13.8 Å². The summed E-state index contributed by atoms with van der Waals surface area (Å²) in [4.78, 5) is 26.6. The first-order valence-corrected chi connectivity index (χ1v) is 11.6. The maximum absolute atomic E-state index is 12.8. The summed E-state index contributed by atoms with van der Waals surface area (Å²) in [6, 6.07) is 20.7. The second kappa shape index (κ2) is 8.73. The Labute approximate surface area is 200 Å². The minimum Gasteiger partial charge on any atom is -0.322 e. The van der Waals surface area contributed by atoms with Gasteiger partial charge >= 0.3 is 0 Å². The lowest BCUT2D eigenvalue weighted by Gasteiger charge is -2.08. The average molecular weight is 471 g/mol. The third-order valence-corrected chi connectivity index (χ3v) is 6.51. The molecule has 162 valence electrons. The fourth-order valence-electron chi connectivity index (χ4n) is 3.43. The molecule has 5 aromatic rings. The van der Waals surface area contributed by atoms with E-state index in [4.69, 9.17) is 16.6 Å². The van der Waals surface area contributed by atoms with Gasteiger partial charge < -0.3 is 5.32 Å². The van der Waals surface area contributed by atoms with Crippen LogP contribution < -0.4 is 5.32 Å². The first-order valence-electron chi connectivity index (χ1n) is 10.3. The van der Waals surface area contributed by atoms with Crippen LogP contribution in [0.3, 0.4) is 0 Å². The number of benzene rings is 3. The lowest BCUT2D eigenvalue weighted by atomic mass is 10.1. The van der Waals surface area contributed by atoms with Crippen LogP contribution in [-0.2, 0) is 0 Å². The lowest BCUT2D eigenvalue weighted by molar-refractivity contribution is 0.102. The van der Waals surface area contributed by atoms with Gasteiger partial charge in [0.2, 0.25) is 0 Å². The summed E-state index contributed by atoms with van der Waals surface area (Å²) < 4.78 is 0. The van der Waals surface area contributed by atoms with E-state index in [9.17, 15) is 4.79 Å². The molecular formula is C26H19ClN4OS. The number of nitrogens with zero attached hydrogens (tertiary/aromatic N) is 3. The quantitative estimate of drug-likeness (QED) is 0.309. The lowest BCUT2D eigenvalue weighted by Crippen LogP contribution is -2.12. The number of thiazole rings is 1. The number of rotatable bonds is 4. The first-order chi connectivity index (χ1) is 16.0. The van der Waals surface area contributed by atoms with E-state index in [1.54, 1.807) is 23.5 Å². The van der Waals surface area contributed by atoms with Crippen molar-refractivity contribution in [3.63, 3.8) is 0 Å². The highest BCUT2D eigenvalue weighted by molar-refractivity contribution is 7.13. The van der Waals surface area contributed by atoms with Gasteiger partial charge in [-0.25, -0.2) is 15.0 Å². The molecule has 2 heterocycles. The van der Waals surface area contributed by atoms with Crippen LogP contribution in [0.5, 0.6) is 0 Å². The standard InChI is InChI=1S/C26H19ClN4OS/c1-15-16(2)29-23-13-19(7-12-22(23)28-15)25(32)30-21-10-5-17(6-11-21)24-14-33-26(31-24)18-3-8-20(27)9-4-18/h3-14H,1-2H3,(H,30,32). The van der Waals surface area contributed by atoms with E-state index in [0.717, 1.165) is 38.7 Å². The molecule has 0 aliphatic carbocycles. The van der Waals surface area contributed by atoms with Crippen LogP contribution >= 0.6 is 22.9 Å². The van der Waals surface area contributed by atoms with Gasteiger partial charge in [-0.05, 0) is 56.3 Å². The molecular weight excluding hydrogens is 452 g/mol. The zero-order valence-corrected chi connectivity index (χ0v) is 19.5. The Bertz CT molecular complexity index is 1480. The molecule has 7 heteroatoms.